The van der Waals surface area contributed by atoms with Gasteiger partial charge in [-0.05, 0) is 70.1 Å². The van der Waals surface area contributed by atoms with Gasteiger partial charge >= 0.3 is 0 Å². The quantitative estimate of drug-likeness (QED) is 0.270. The molecule has 0 bridgehead atoms. The molecule has 0 spiro atoms. The number of nitrogens with zero attached hydrogens (tertiary/aromatic N) is 2. The smallest absolute Gasteiger partial charge is 0.281 e. The average Bonchev–Trinajstić information content (AvgIpc) is 3.02. The van der Waals surface area contributed by atoms with E-state index < -0.39 is 0 Å². The van der Waals surface area contributed by atoms with E-state index in [1.54, 1.807) is 25.1 Å². The highest BCUT2D eigenvalue weighted by atomic mass is 79.9. The lowest BCUT2D eigenvalue weighted by Gasteiger charge is -2.16. The number of benzene rings is 3. The minimum Gasteiger partial charge on any atom is -0.493 e. The summed E-state index contributed by atoms with van der Waals surface area (Å²) in [5.41, 5.74) is 2.82. The second-order valence-corrected chi connectivity index (χ2v) is 8.89. The van der Waals surface area contributed by atoms with Crippen molar-refractivity contribution in [2.24, 2.45) is 0 Å². The van der Waals surface area contributed by atoms with Crippen LogP contribution in [0.4, 0.5) is 5.69 Å². The first-order valence-corrected chi connectivity index (χ1v) is 11.6. The van der Waals surface area contributed by atoms with Crippen LogP contribution in [0.15, 0.2) is 76.9 Å². The summed E-state index contributed by atoms with van der Waals surface area (Å²) in [6.07, 6.45) is 1.78. The maximum Gasteiger partial charge on any atom is 0.281 e. The molecule has 0 atom stereocenters. The first kappa shape index (κ1) is 23.3. The lowest BCUT2D eigenvalue weighted by atomic mass is 10.1. The van der Waals surface area contributed by atoms with Crippen molar-refractivity contribution in [2.45, 2.75) is 6.61 Å². The summed E-state index contributed by atoms with van der Waals surface area (Å²) in [6, 6.07) is 20.5. The van der Waals surface area contributed by atoms with E-state index >= 15 is 0 Å². The van der Waals surface area contributed by atoms with Gasteiger partial charge in [-0.25, -0.2) is 0 Å². The minimum absolute atomic E-state index is 0.192. The molecular formula is C25H20BrClN2O3S. The summed E-state index contributed by atoms with van der Waals surface area (Å²) in [7, 11) is 3.35. The second-order valence-electron chi connectivity index (χ2n) is 7.26. The summed E-state index contributed by atoms with van der Waals surface area (Å²) in [6.45, 7) is 0.288. The lowest BCUT2D eigenvalue weighted by Crippen LogP contribution is -2.30. The molecule has 1 aliphatic heterocycles. The SMILES string of the molecule is COc1cc(/C=C2/C(=O)N(c3ccccc3)C(=S)N2C)cc(Br)c1OCc1ccccc1Cl. The zero-order valence-electron chi connectivity index (χ0n) is 17.9. The first-order valence-electron chi connectivity index (χ1n) is 10.0. The standard InChI is InChI=1S/C25H20BrClN2O3S/c1-28-21(24(30)29(25(28)33)18-9-4-3-5-10-18)13-16-12-19(26)23(22(14-16)31-2)32-15-17-8-6-7-11-20(17)27/h3-14H,15H2,1-2H3/b21-13-. The molecular weight excluding hydrogens is 524 g/mol. The molecule has 1 amide bonds. The van der Waals surface area contributed by atoms with E-state index in [-0.39, 0.29) is 12.5 Å². The van der Waals surface area contributed by atoms with Crippen molar-refractivity contribution in [2.75, 3.05) is 19.1 Å². The largest absolute Gasteiger partial charge is 0.493 e. The molecule has 4 rings (SSSR count). The average molecular weight is 544 g/mol. The van der Waals surface area contributed by atoms with Gasteiger partial charge in [0.25, 0.3) is 5.91 Å². The normalized spacial score (nSPS) is 14.8. The number of para-hydroxylation sites is 1. The van der Waals surface area contributed by atoms with Crippen molar-refractivity contribution < 1.29 is 14.3 Å². The Hall–Kier alpha value is -2.87. The summed E-state index contributed by atoms with van der Waals surface area (Å²) in [5, 5.41) is 1.05. The van der Waals surface area contributed by atoms with E-state index in [1.165, 1.54) is 4.90 Å². The van der Waals surface area contributed by atoms with Crippen molar-refractivity contribution >= 4 is 62.5 Å². The van der Waals surface area contributed by atoms with Crippen LogP contribution in [0.2, 0.25) is 5.02 Å². The fraction of sp³-hybridized carbons (Fsp3) is 0.120. The number of rotatable bonds is 6. The van der Waals surface area contributed by atoms with Gasteiger partial charge in [-0.3, -0.25) is 9.69 Å². The summed E-state index contributed by atoms with van der Waals surface area (Å²) in [5.74, 6) is 0.883. The number of hydrogen-bond donors (Lipinski definition) is 0. The molecule has 0 N–H and O–H groups in total. The van der Waals surface area contributed by atoms with Crippen LogP contribution in [0, 0.1) is 0 Å². The number of likely N-dealkylation sites (N-methyl/N-ethyl adjacent to an activating group) is 1. The molecule has 1 heterocycles. The Labute approximate surface area is 211 Å². The first-order chi connectivity index (χ1) is 15.9. The number of ether oxygens (including phenoxy) is 2. The molecule has 0 unspecified atom stereocenters. The fourth-order valence-corrected chi connectivity index (χ4v) is 4.50. The van der Waals surface area contributed by atoms with Crippen LogP contribution in [-0.2, 0) is 11.4 Å². The van der Waals surface area contributed by atoms with Gasteiger partial charge in [-0.2, -0.15) is 0 Å². The Balaban J connectivity index is 1.63. The predicted molar refractivity (Wildman–Crippen MR) is 139 cm³/mol. The van der Waals surface area contributed by atoms with Crippen LogP contribution < -0.4 is 14.4 Å². The maximum absolute atomic E-state index is 13.2. The molecule has 0 saturated carbocycles. The van der Waals surface area contributed by atoms with Crippen LogP contribution >= 0.6 is 39.7 Å². The molecule has 1 fully saturated rings. The zero-order valence-corrected chi connectivity index (χ0v) is 21.1. The van der Waals surface area contributed by atoms with Gasteiger partial charge in [0.1, 0.15) is 12.3 Å². The number of carbonyl (C=O) groups excluding carboxylic acids is 1. The highest BCUT2D eigenvalue weighted by Crippen LogP contribution is 2.38. The summed E-state index contributed by atoms with van der Waals surface area (Å²) in [4.78, 5) is 16.4. The Bertz CT molecular complexity index is 1250. The van der Waals surface area contributed by atoms with E-state index in [9.17, 15) is 4.79 Å². The molecule has 0 aliphatic carbocycles. The molecule has 0 aromatic heterocycles. The monoisotopic (exact) mass is 542 g/mol. The van der Waals surface area contributed by atoms with E-state index in [0.717, 1.165) is 16.8 Å². The van der Waals surface area contributed by atoms with Crippen LogP contribution in [0.25, 0.3) is 6.08 Å². The van der Waals surface area contributed by atoms with Gasteiger partial charge in [0, 0.05) is 17.6 Å². The van der Waals surface area contributed by atoms with Crippen LogP contribution in [0.1, 0.15) is 11.1 Å². The van der Waals surface area contributed by atoms with E-state index in [4.69, 9.17) is 33.3 Å². The molecule has 5 nitrogen and oxygen atoms in total. The predicted octanol–water partition coefficient (Wildman–Crippen LogP) is 6.29. The molecule has 33 heavy (non-hydrogen) atoms. The fourth-order valence-electron chi connectivity index (χ4n) is 3.45. The molecule has 1 saturated heterocycles. The van der Waals surface area contributed by atoms with Gasteiger partial charge in [-0.1, -0.05) is 48.0 Å². The Morgan fingerprint density at radius 1 is 1.09 bits per heavy atom. The molecule has 8 heteroatoms. The van der Waals surface area contributed by atoms with Gasteiger partial charge in [0.05, 0.1) is 17.3 Å². The lowest BCUT2D eigenvalue weighted by molar-refractivity contribution is -0.114. The summed E-state index contributed by atoms with van der Waals surface area (Å²) < 4.78 is 12.3. The number of hydrogen-bond acceptors (Lipinski definition) is 4. The number of methoxy groups -OCH3 is 1. The van der Waals surface area contributed by atoms with Gasteiger partial charge in [0.15, 0.2) is 16.6 Å². The van der Waals surface area contributed by atoms with Crippen molar-refractivity contribution in [1.29, 1.82) is 0 Å². The molecule has 168 valence electrons. The van der Waals surface area contributed by atoms with Crippen molar-refractivity contribution in [1.82, 2.24) is 4.90 Å². The third kappa shape index (κ3) is 4.76. The number of anilines is 1. The number of carbonyl (C=O) groups is 1. The Morgan fingerprint density at radius 2 is 1.79 bits per heavy atom. The van der Waals surface area contributed by atoms with E-state index in [0.29, 0.717) is 31.8 Å². The number of halogens is 2. The highest BCUT2D eigenvalue weighted by molar-refractivity contribution is 9.10. The minimum atomic E-state index is -0.192. The van der Waals surface area contributed by atoms with Crippen molar-refractivity contribution in [3.8, 4) is 11.5 Å². The third-order valence-electron chi connectivity index (χ3n) is 5.16. The third-order valence-corrected chi connectivity index (χ3v) is 6.58. The van der Waals surface area contributed by atoms with Crippen molar-refractivity contribution in [3.05, 3.63) is 93.0 Å². The van der Waals surface area contributed by atoms with E-state index in [2.05, 4.69) is 15.9 Å². The van der Waals surface area contributed by atoms with Gasteiger partial charge in [-0.15, -0.1) is 0 Å². The molecule has 3 aromatic carbocycles. The van der Waals surface area contributed by atoms with Gasteiger partial charge in [0.2, 0.25) is 0 Å². The van der Waals surface area contributed by atoms with Crippen LogP contribution in [0.3, 0.4) is 0 Å². The highest BCUT2D eigenvalue weighted by Gasteiger charge is 2.36. The van der Waals surface area contributed by atoms with Gasteiger partial charge < -0.3 is 14.4 Å². The topological polar surface area (TPSA) is 42.0 Å². The zero-order chi connectivity index (χ0) is 23.5. The Kier molecular flexibility index (Phi) is 7.02. The van der Waals surface area contributed by atoms with Crippen molar-refractivity contribution in [3.63, 3.8) is 0 Å². The van der Waals surface area contributed by atoms with E-state index in [1.807, 2.05) is 66.7 Å². The molecule has 0 radical (unpaired) electrons. The van der Waals surface area contributed by atoms with Crippen LogP contribution in [-0.4, -0.2) is 30.1 Å². The maximum atomic E-state index is 13.2. The van der Waals surface area contributed by atoms with Crippen LogP contribution in [0.5, 0.6) is 11.5 Å². The molecule has 3 aromatic rings. The second kappa shape index (κ2) is 9.95. The molecule has 1 aliphatic rings. The number of thiocarbonyl (C=S) groups is 1. The summed E-state index contributed by atoms with van der Waals surface area (Å²) >= 11 is 15.3. The number of amides is 1. The Morgan fingerprint density at radius 3 is 2.48 bits per heavy atom.